The van der Waals surface area contributed by atoms with Gasteiger partial charge in [0.1, 0.15) is 11.8 Å². The second-order valence-corrected chi connectivity index (χ2v) is 13.1. The number of anilines is 2. The maximum Gasteiger partial charge on any atom is 0.308 e. The van der Waals surface area contributed by atoms with Crippen molar-refractivity contribution < 1.29 is 22.8 Å². The summed E-state index contributed by atoms with van der Waals surface area (Å²) in [6.07, 6.45) is 3.22. The third kappa shape index (κ3) is 4.88. The second-order valence-electron chi connectivity index (χ2n) is 9.42. The molecule has 3 N–H and O–H groups in total. The molecule has 0 unspecified atom stereocenters. The smallest absolute Gasteiger partial charge is 0.308 e. The fourth-order valence-electron chi connectivity index (χ4n) is 5.08. The third-order valence-electron chi connectivity index (χ3n) is 6.88. The summed E-state index contributed by atoms with van der Waals surface area (Å²) in [6.45, 7) is -0.351. The number of rotatable bonds is 6. The lowest BCUT2D eigenvalue weighted by molar-refractivity contribution is -0.122. The van der Waals surface area contributed by atoms with E-state index in [4.69, 9.17) is 5.14 Å². The van der Waals surface area contributed by atoms with Crippen LogP contribution in [0.25, 0.3) is 0 Å². The first-order valence-electron chi connectivity index (χ1n) is 12.3. The lowest BCUT2D eigenvalue weighted by Crippen LogP contribution is -2.33. The molecule has 11 nitrogen and oxygen atoms in total. The Morgan fingerprint density at radius 1 is 0.976 bits per heavy atom. The Morgan fingerprint density at radius 2 is 1.71 bits per heavy atom. The van der Waals surface area contributed by atoms with Crippen LogP contribution in [-0.2, 0) is 31.0 Å². The molecule has 0 saturated carbocycles. The Labute approximate surface area is 242 Å². The third-order valence-corrected chi connectivity index (χ3v) is 10.4. The van der Waals surface area contributed by atoms with Crippen molar-refractivity contribution in [2.24, 2.45) is 11.1 Å². The summed E-state index contributed by atoms with van der Waals surface area (Å²) in [6, 6.07) is 17.5. The number of nitrogens with two attached hydrogens (primary N) is 1. The highest BCUT2D eigenvalue weighted by Crippen LogP contribution is 2.53. The average Bonchev–Trinajstić information content (AvgIpc) is 3.39. The van der Waals surface area contributed by atoms with Gasteiger partial charge in [-0.3, -0.25) is 28.7 Å². The molecule has 14 heteroatoms. The molecule has 2 aliphatic rings. The number of nitrogens with zero attached hydrogens (tertiary/aromatic N) is 3. The van der Waals surface area contributed by atoms with Crippen molar-refractivity contribution in [1.82, 2.24) is 9.55 Å². The minimum absolute atomic E-state index is 0.105. The van der Waals surface area contributed by atoms with Crippen molar-refractivity contribution in [1.29, 1.82) is 0 Å². The van der Waals surface area contributed by atoms with E-state index in [0.29, 0.717) is 26.8 Å². The largest absolute Gasteiger partial charge is 0.325 e. The minimum atomic E-state index is -3.89. The molecule has 2 aliphatic heterocycles. The first kappa shape index (κ1) is 27.1. The van der Waals surface area contributed by atoms with Gasteiger partial charge in [0.15, 0.2) is 0 Å². The van der Waals surface area contributed by atoms with Gasteiger partial charge in [0, 0.05) is 28.9 Å². The normalized spacial score (nSPS) is 20.0. The summed E-state index contributed by atoms with van der Waals surface area (Å²) in [5.74, 6) is -2.65. The van der Waals surface area contributed by atoms with E-state index >= 15 is 0 Å². The summed E-state index contributed by atoms with van der Waals surface area (Å²) in [5, 5.41) is 7.41. The lowest BCUT2D eigenvalue weighted by atomic mass is 9.84. The molecule has 208 valence electrons. The van der Waals surface area contributed by atoms with E-state index in [0.717, 1.165) is 23.1 Å². The van der Waals surface area contributed by atoms with Crippen molar-refractivity contribution in [3.05, 3.63) is 99.2 Å². The quantitative estimate of drug-likeness (QED) is 0.316. The van der Waals surface area contributed by atoms with Gasteiger partial charge in [0.05, 0.1) is 21.5 Å². The number of primary sulfonamides is 1. The summed E-state index contributed by atoms with van der Waals surface area (Å²) < 4.78 is 24.3. The van der Waals surface area contributed by atoms with Crippen molar-refractivity contribution in [3.63, 3.8) is 0 Å². The zero-order chi connectivity index (χ0) is 28.9. The fraction of sp³-hybridized carbons (Fsp3) is 0.148. The van der Waals surface area contributed by atoms with E-state index in [2.05, 4.69) is 10.3 Å². The highest BCUT2D eigenvalue weighted by Gasteiger charge is 2.56. The number of para-hydroxylation sites is 1. The Bertz CT molecular complexity index is 1840. The van der Waals surface area contributed by atoms with Crippen molar-refractivity contribution in [2.45, 2.75) is 27.6 Å². The molecule has 3 amide bonds. The minimum Gasteiger partial charge on any atom is -0.325 e. The number of thioether (sulfide) groups is 1. The number of benzene rings is 2. The molecule has 0 radical (unpaired) electrons. The molecule has 4 aromatic rings. The molecule has 1 fully saturated rings. The fourth-order valence-corrected chi connectivity index (χ4v) is 8.37. The summed E-state index contributed by atoms with van der Waals surface area (Å²) in [7, 11) is -3.89. The molecule has 2 aromatic heterocycles. The van der Waals surface area contributed by atoms with E-state index in [-0.39, 0.29) is 23.3 Å². The predicted octanol–water partition coefficient (Wildman–Crippen LogP) is 2.39. The Hall–Kier alpha value is -4.11. The SMILES string of the molecule is NS(=O)(=O)c1ccc(NC(=O)Cn2c3c(sc2=O)[C@@H](c2cccnc2)[C@@H]2C(=O)N(c4ccccc4)C(=O)[C@@H]2S3)cc1. The van der Waals surface area contributed by atoms with Gasteiger partial charge in [-0.2, -0.15) is 0 Å². The second kappa shape index (κ2) is 10.4. The van der Waals surface area contributed by atoms with Gasteiger partial charge in [-0.25, -0.2) is 18.5 Å². The van der Waals surface area contributed by atoms with Gasteiger partial charge in [-0.05, 0) is 48.0 Å². The summed E-state index contributed by atoms with van der Waals surface area (Å²) >= 11 is 2.06. The van der Waals surface area contributed by atoms with Crippen LogP contribution in [0.2, 0.25) is 0 Å². The standard InChI is InChI=1S/C27H21N5O6S3/c28-41(37,38)18-10-8-16(9-11-18)30-19(33)14-31-26-23(40-27(31)36)20(15-5-4-12-29-13-15)21-22(39-26)25(35)32(24(21)34)17-6-2-1-3-7-17/h1-13,20-22H,14H2,(H,30,33)(H2,28,37,38)/t20-,21-,22+/m0/s1. The van der Waals surface area contributed by atoms with Gasteiger partial charge >= 0.3 is 4.87 Å². The molecule has 0 bridgehead atoms. The number of thiazole rings is 1. The van der Waals surface area contributed by atoms with Gasteiger partial charge in [-0.15, -0.1) is 0 Å². The van der Waals surface area contributed by atoms with Crippen LogP contribution in [0.1, 0.15) is 16.4 Å². The number of hydrogen-bond acceptors (Lipinski definition) is 9. The highest BCUT2D eigenvalue weighted by atomic mass is 32.2. The molecule has 0 aliphatic carbocycles. The number of pyridine rings is 1. The molecule has 4 heterocycles. The van der Waals surface area contributed by atoms with E-state index in [9.17, 15) is 27.6 Å². The molecule has 1 saturated heterocycles. The van der Waals surface area contributed by atoms with E-state index in [1.54, 1.807) is 48.8 Å². The molecule has 2 aromatic carbocycles. The average molecular weight is 608 g/mol. The molecule has 3 atom stereocenters. The van der Waals surface area contributed by atoms with Crippen LogP contribution in [0, 0.1) is 5.92 Å². The number of aromatic nitrogens is 2. The first-order chi connectivity index (χ1) is 19.6. The number of amides is 3. The zero-order valence-electron chi connectivity index (χ0n) is 21.0. The summed E-state index contributed by atoms with van der Waals surface area (Å²) in [5.41, 5.74) is 1.47. The number of hydrogen-bond donors (Lipinski definition) is 2. The van der Waals surface area contributed by atoms with Gasteiger partial charge in [0.25, 0.3) is 0 Å². The molecular formula is C27H21N5O6S3. The van der Waals surface area contributed by atoms with Crippen molar-refractivity contribution in [2.75, 3.05) is 10.2 Å². The van der Waals surface area contributed by atoms with Crippen LogP contribution in [0.15, 0.2) is 93.8 Å². The van der Waals surface area contributed by atoms with Gasteiger partial charge in [0.2, 0.25) is 27.7 Å². The molecular weight excluding hydrogens is 587 g/mol. The highest BCUT2D eigenvalue weighted by molar-refractivity contribution is 8.00. The van der Waals surface area contributed by atoms with Crippen molar-refractivity contribution in [3.8, 4) is 0 Å². The van der Waals surface area contributed by atoms with E-state index < -0.39 is 37.9 Å². The van der Waals surface area contributed by atoms with Crippen LogP contribution in [-0.4, -0.2) is 40.9 Å². The topological polar surface area (TPSA) is 162 Å². The molecule has 41 heavy (non-hydrogen) atoms. The lowest BCUT2D eigenvalue weighted by Gasteiger charge is -2.30. The Kier molecular flexibility index (Phi) is 6.85. The van der Waals surface area contributed by atoms with Crippen molar-refractivity contribution >= 4 is 62.2 Å². The zero-order valence-corrected chi connectivity index (χ0v) is 23.5. The Balaban J connectivity index is 1.35. The van der Waals surface area contributed by atoms with Gasteiger partial charge in [-0.1, -0.05) is 47.4 Å². The number of sulfonamides is 1. The summed E-state index contributed by atoms with van der Waals surface area (Å²) in [4.78, 5) is 59.1. The Morgan fingerprint density at radius 3 is 2.37 bits per heavy atom. The van der Waals surface area contributed by atoms with Crippen LogP contribution < -0.4 is 20.2 Å². The van der Waals surface area contributed by atoms with Crippen LogP contribution >= 0.6 is 23.1 Å². The molecule has 0 spiro atoms. The maximum absolute atomic E-state index is 13.8. The van der Waals surface area contributed by atoms with E-state index in [1.807, 2.05) is 6.07 Å². The number of imide groups is 1. The monoisotopic (exact) mass is 607 g/mol. The number of carbonyl (C=O) groups is 3. The first-order valence-corrected chi connectivity index (χ1v) is 15.5. The number of carbonyl (C=O) groups excluding carboxylic acids is 3. The van der Waals surface area contributed by atoms with Crippen LogP contribution in [0.3, 0.4) is 0 Å². The maximum atomic E-state index is 13.8. The van der Waals surface area contributed by atoms with E-state index in [1.165, 1.54) is 33.7 Å². The number of fused-ring (bicyclic) bond motifs is 2. The van der Waals surface area contributed by atoms with Crippen LogP contribution in [0.5, 0.6) is 0 Å². The van der Waals surface area contributed by atoms with Gasteiger partial charge < -0.3 is 5.32 Å². The molecule has 6 rings (SSSR count). The predicted molar refractivity (Wildman–Crippen MR) is 153 cm³/mol. The van der Waals surface area contributed by atoms with Crippen LogP contribution in [0.4, 0.5) is 11.4 Å². The number of nitrogens with one attached hydrogen (secondary N) is 1.